The Labute approximate surface area is 200 Å². The van der Waals surface area contributed by atoms with Gasteiger partial charge in [0.1, 0.15) is 0 Å². The van der Waals surface area contributed by atoms with Gasteiger partial charge in [-0.1, -0.05) is 68.2 Å². The summed E-state index contributed by atoms with van der Waals surface area (Å²) in [5.41, 5.74) is 1.06. The van der Waals surface area contributed by atoms with Crippen LogP contribution in [0.3, 0.4) is 0 Å². The molecule has 4 nitrogen and oxygen atoms in total. The highest BCUT2D eigenvalue weighted by atomic mass is 35.5. The number of piperidine rings is 1. The van der Waals surface area contributed by atoms with Crippen LogP contribution in [0, 0.1) is 5.41 Å². The van der Waals surface area contributed by atoms with Crippen LogP contribution in [-0.2, 0) is 9.59 Å². The van der Waals surface area contributed by atoms with Gasteiger partial charge in [-0.3, -0.25) is 9.59 Å². The number of halogens is 2. The van der Waals surface area contributed by atoms with E-state index in [9.17, 15) is 14.7 Å². The lowest BCUT2D eigenvalue weighted by molar-refractivity contribution is -0.162. The second kappa shape index (κ2) is 10.3. The lowest BCUT2D eigenvalue weighted by Gasteiger charge is -2.52. The number of aliphatic carboxylic acids is 1. The summed E-state index contributed by atoms with van der Waals surface area (Å²) in [6.45, 7) is 6.08. The summed E-state index contributed by atoms with van der Waals surface area (Å²) in [7, 11) is 0. The Bertz CT molecular complexity index is 958. The first kappa shape index (κ1) is 24.6. The van der Waals surface area contributed by atoms with E-state index < -0.39 is 11.4 Å². The summed E-state index contributed by atoms with van der Waals surface area (Å²) in [6, 6.07) is 15.1. The van der Waals surface area contributed by atoms with Crippen LogP contribution < -0.4 is 0 Å². The smallest absolute Gasteiger partial charge is 0.304 e. The second-order valence-corrected chi connectivity index (χ2v) is 9.62. The molecule has 1 saturated heterocycles. The van der Waals surface area contributed by atoms with E-state index >= 15 is 0 Å². The highest BCUT2D eigenvalue weighted by Crippen LogP contribution is 2.53. The molecule has 0 bridgehead atoms. The number of likely N-dealkylation sites (tertiary alicyclic amines) is 1. The molecule has 0 radical (unpaired) electrons. The standard InChI is InChI=1S/C26H31Cl2NO3/c1-4-21(5-2)29-24(17-10-12-19(27)13-11-17)22(18-8-7-9-20(28)14-18)15-26(6-3,25(29)32)16-23(30)31/h7-14,21-22,24H,4-6,15-16H2,1-3H3,(H,30,31)/t22-,24-,26+/m1/s1. The van der Waals surface area contributed by atoms with Crippen molar-refractivity contribution >= 4 is 35.1 Å². The molecule has 0 saturated carbocycles. The molecular weight excluding hydrogens is 445 g/mol. The van der Waals surface area contributed by atoms with E-state index in [0.29, 0.717) is 22.9 Å². The van der Waals surface area contributed by atoms with Gasteiger partial charge in [-0.2, -0.15) is 0 Å². The van der Waals surface area contributed by atoms with Crippen LogP contribution in [-0.4, -0.2) is 27.9 Å². The average Bonchev–Trinajstić information content (AvgIpc) is 2.77. The van der Waals surface area contributed by atoms with Gasteiger partial charge in [0, 0.05) is 22.0 Å². The minimum atomic E-state index is -0.954. The van der Waals surface area contributed by atoms with E-state index in [0.717, 1.165) is 24.0 Å². The summed E-state index contributed by atoms with van der Waals surface area (Å²) in [6.07, 6.45) is 2.34. The molecule has 1 N–H and O–H groups in total. The minimum absolute atomic E-state index is 0.00452. The SMILES string of the molecule is CCC(CC)N1C(=O)[C@](CC)(CC(=O)O)C[C@H](c2cccc(Cl)c2)[C@H]1c1ccc(Cl)cc1. The lowest BCUT2D eigenvalue weighted by atomic mass is 9.64. The number of carbonyl (C=O) groups excluding carboxylic acids is 1. The number of nitrogens with zero attached hydrogens (tertiary/aromatic N) is 1. The number of carboxylic acid groups (broad SMARTS) is 1. The van der Waals surface area contributed by atoms with Crippen molar-refractivity contribution in [3.05, 3.63) is 69.7 Å². The molecule has 0 unspecified atom stereocenters. The zero-order valence-corrected chi connectivity index (χ0v) is 20.4. The van der Waals surface area contributed by atoms with Crippen LogP contribution in [0.2, 0.25) is 10.0 Å². The monoisotopic (exact) mass is 475 g/mol. The fourth-order valence-corrected chi connectivity index (χ4v) is 5.56. The third-order valence-corrected chi connectivity index (χ3v) is 7.46. The predicted octanol–water partition coefficient (Wildman–Crippen LogP) is 7.11. The molecule has 2 aromatic rings. The van der Waals surface area contributed by atoms with Gasteiger partial charge in [-0.25, -0.2) is 0 Å². The second-order valence-electron chi connectivity index (χ2n) is 8.75. The zero-order valence-electron chi connectivity index (χ0n) is 18.9. The summed E-state index contributed by atoms with van der Waals surface area (Å²) in [5, 5.41) is 11.0. The summed E-state index contributed by atoms with van der Waals surface area (Å²) < 4.78 is 0. The largest absolute Gasteiger partial charge is 0.481 e. The fourth-order valence-electron chi connectivity index (χ4n) is 5.24. The Hall–Kier alpha value is -2.04. The third kappa shape index (κ3) is 4.82. The number of amides is 1. The van der Waals surface area contributed by atoms with Crippen LogP contribution in [0.4, 0.5) is 0 Å². The molecule has 3 rings (SSSR count). The zero-order chi connectivity index (χ0) is 23.5. The maximum Gasteiger partial charge on any atom is 0.304 e. The quantitative estimate of drug-likeness (QED) is 0.442. The van der Waals surface area contributed by atoms with Gasteiger partial charge in [0.25, 0.3) is 0 Å². The van der Waals surface area contributed by atoms with E-state index in [2.05, 4.69) is 13.8 Å². The molecule has 6 heteroatoms. The van der Waals surface area contributed by atoms with Crippen LogP contribution >= 0.6 is 23.2 Å². The van der Waals surface area contributed by atoms with Crippen molar-refractivity contribution in [3.8, 4) is 0 Å². The Kier molecular flexibility index (Phi) is 7.89. The molecule has 172 valence electrons. The number of hydrogen-bond donors (Lipinski definition) is 1. The lowest BCUT2D eigenvalue weighted by Crippen LogP contribution is -2.56. The van der Waals surface area contributed by atoms with E-state index in [4.69, 9.17) is 23.2 Å². The molecule has 2 aromatic carbocycles. The highest BCUT2D eigenvalue weighted by molar-refractivity contribution is 6.30. The van der Waals surface area contributed by atoms with Crippen molar-refractivity contribution in [2.24, 2.45) is 5.41 Å². The van der Waals surface area contributed by atoms with Gasteiger partial charge in [-0.05, 0) is 61.1 Å². The molecule has 1 fully saturated rings. The number of carboxylic acids is 1. The predicted molar refractivity (Wildman–Crippen MR) is 129 cm³/mol. The van der Waals surface area contributed by atoms with Crippen molar-refractivity contribution < 1.29 is 14.7 Å². The topological polar surface area (TPSA) is 57.6 Å². The Balaban J connectivity index is 2.25. The number of rotatable bonds is 8. The maximum absolute atomic E-state index is 14.1. The molecule has 1 amide bonds. The van der Waals surface area contributed by atoms with Crippen molar-refractivity contribution in [2.45, 2.75) is 70.9 Å². The van der Waals surface area contributed by atoms with E-state index in [-0.39, 0.29) is 30.3 Å². The average molecular weight is 476 g/mol. The maximum atomic E-state index is 14.1. The van der Waals surface area contributed by atoms with Gasteiger partial charge >= 0.3 is 5.97 Å². The number of carbonyl (C=O) groups is 2. The van der Waals surface area contributed by atoms with E-state index in [1.165, 1.54) is 0 Å². The Morgan fingerprint density at radius 1 is 1.06 bits per heavy atom. The highest BCUT2D eigenvalue weighted by Gasteiger charge is 2.53. The first-order valence-electron chi connectivity index (χ1n) is 11.3. The Morgan fingerprint density at radius 3 is 2.25 bits per heavy atom. The van der Waals surface area contributed by atoms with Crippen LogP contribution in [0.15, 0.2) is 48.5 Å². The van der Waals surface area contributed by atoms with Gasteiger partial charge in [0.05, 0.1) is 17.9 Å². The van der Waals surface area contributed by atoms with E-state index in [1.54, 1.807) is 0 Å². The van der Waals surface area contributed by atoms with Crippen LogP contribution in [0.1, 0.15) is 76.0 Å². The Morgan fingerprint density at radius 2 is 1.72 bits per heavy atom. The molecular formula is C26H31Cl2NO3. The molecule has 0 aromatic heterocycles. The molecule has 32 heavy (non-hydrogen) atoms. The summed E-state index contributed by atoms with van der Waals surface area (Å²) >= 11 is 12.5. The molecule has 1 aliphatic rings. The van der Waals surface area contributed by atoms with Crippen LogP contribution in [0.5, 0.6) is 0 Å². The van der Waals surface area contributed by atoms with Crippen LogP contribution in [0.25, 0.3) is 0 Å². The van der Waals surface area contributed by atoms with Crippen molar-refractivity contribution in [3.63, 3.8) is 0 Å². The van der Waals surface area contributed by atoms with Crippen molar-refractivity contribution in [1.82, 2.24) is 4.90 Å². The molecule has 0 spiro atoms. The van der Waals surface area contributed by atoms with Crippen molar-refractivity contribution in [2.75, 3.05) is 0 Å². The van der Waals surface area contributed by atoms with Gasteiger partial charge in [0.2, 0.25) is 5.91 Å². The third-order valence-electron chi connectivity index (χ3n) is 6.97. The summed E-state index contributed by atoms with van der Waals surface area (Å²) in [4.78, 5) is 27.9. The normalized spacial score (nSPS) is 23.6. The number of hydrogen-bond acceptors (Lipinski definition) is 2. The van der Waals surface area contributed by atoms with Gasteiger partial charge in [-0.15, -0.1) is 0 Å². The fraction of sp³-hybridized carbons (Fsp3) is 0.462. The van der Waals surface area contributed by atoms with Gasteiger partial charge < -0.3 is 10.0 Å². The first-order valence-corrected chi connectivity index (χ1v) is 12.1. The molecule has 3 atom stereocenters. The van der Waals surface area contributed by atoms with Crippen molar-refractivity contribution in [1.29, 1.82) is 0 Å². The first-order chi connectivity index (χ1) is 15.3. The molecule has 1 aliphatic heterocycles. The van der Waals surface area contributed by atoms with E-state index in [1.807, 2.05) is 60.4 Å². The van der Waals surface area contributed by atoms with Gasteiger partial charge in [0.15, 0.2) is 0 Å². The number of benzene rings is 2. The molecule has 0 aliphatic carbocycles. The molecule has 1 heterocycles. The minimum Gasteiger partial charge on any atom is -0.481 e. The summed E-state index contributed by atoms with van der Waals surface area (Å²) in [5.74, 6) is -1.10.